The molecule has 0 nitrogen and oxygen atoms in total. The van der Waals surface area contributed by atoms with E-state index in [1.807, 2.05) is 0 Å². The van der Waals surface area contributed by atoms with Crippen LogP contribution in [0.4, 0.5) is 0 Å². The summed E-state index contributed by atoms with van der Waals surface area (Å²) in [5.74, 6) is 0. The van der Waals surface area contributed by atoms with Crippen molar-refractivity contribution in [3.63, 3.8) is 0 Å². The quantitative estimate of drug-likeness (QED) is 0.629. The van der Waals surface area contributed by atoms with Crippen molar-refractivity contribution in [2.24, 2.45) is 0 Å². The van der Waals surface area contributed by atoms with Crippen molar-refractivity contribution in [1.29, 1.82) is 0 Å². The van der Waals surface area contributed by atoms with Gasteiger partial charge in [0.05, 0.1) is 0 Å². The Morgan fingerprint density at radius 1 is 0.882 bits per heavy atom. The Bertz CT molecular complexity index is 553. The van der Waals surface area contributed by atoms with Crippen molar-refractivity contribution in [2.45, 2.75) is 13.3 Å². The fourth-order valence-electron chi connectivity index (χ4n) is 2.40. The van der Waals surface area contributed by atoms with Crippen LogP contribution in [0.3, 0.4) is 0 Å². The minimum Gasteiger partial charge on any atom is -0.0683 e. The van der Waals surface area contributed by atoms with Crippen LogP contribution in [0.1, 0.15) is 18.1 Å². The molecule has 0 N–H and O–H groups in total. The minimum atomic E-state index is 0. The summed E-state index contributed by atoms with van der Waals surface area (Å²) in [7, 11) is 0. The van der Waals surface area contributed by atoms with Crippen molar-refractivity contribution < 1.29 is 0 Å². The predicted molar refractivity (Wildman–Crippen MR) is 75.0 cm³/mol. The zero-order valence-electron chi connectivity index (χ0n) is 10.4. The van der Waals surface area contributed by atoms with E-state index in [1.165, 1.54) is 27.8 Å². The zero-order valence-corrected chi connectivity index (χ0v) is 10.4. The van der Waals surface area contributed by atoms with Gasteiger partial charge in [-0.2, -0.15) is 0 Å². The molecule has 1 radical (unpaired) electrons. The number of hydrogen-bond donors (Lipinski definition) is 0. The van der Waals surface area contributed by atoms with Gasteiger partial charge < -0.3 is 0 Å². The van der Waals surface area contributed by atoms with Gasteiger partial charge in [0.2, 0.25) is 0 Å². The molecule has 0 spiro atoms. The number of hydrogen-bond acceptors (Lipinski definition) is 0. The summed E-state index contributed by atoms with van der Waals surface area (Å²) >= 11 is 0. The van der Waals surface area contributed by atoms with Crippen LogP contribution >= 0.6 is 0 Å². The molecule has 0 unspecified atom stereocenters. The third-order valence-electron chi connectivity index (χ3n) is 3.14. The summed E-state index contributed by atoms with van der Waals surface area (Å²) < 4.78 is 0. The van der Waals surface area contributed by atoms with E-state index < -0.39 is 0 Å². The SMILES string of the molecule is CC1=Cc2c(cccc2-c2ccccc2)C1.[Li]. The second-order valence-electron chi connectivity index (χ2n) is 4.41. The van der Waals surface area contributed by atoms with Crippen LogP contribution in [-0.2, 0) is 6.42 Å². The third-order valence-corrected chi connectivity index (χ3v) is 3.14. The van der Waals surface area contributed by atoms with Crippen LogP contribution in [0, 0.1) is 0 Å². The Hall–Kier alpha value is -1.22. The molecule has 17 heavy (non-hydrogen) atoms. The molecule has 0 heterocycles. The average molecular weight is 213 g/mol. The molecule has 1 heteroatoms. The van der Waals surface area contributed by atoms with E-state index in [2.05, 4.69) is 61.5 Å². The fourth-order valence-corrected chi connectivity index (χ4v) is 2.40. The number of fused-ring (bicyclic) bond motifs is 1. The van der Waals surface area contributed by atoms with Crippen LogP contribution in [-0.4, -0.2) is 18.9 Å². The molecular formula is C16H14Li. The Morgan fingerprint density at radius 2 is 1.65 bits per heavy atom. The third kappa shape index (κ3) is 2.25. The van der Waals surface area contributed by atoms with Gasteiger partial charge in [0, 0.05) is 18.9 Å². The van der Waals surface area contributed by atoms with E-state index in [-0.39, 0.29) is 18.9 Å². The first kappa shape index (κ1) is 12.2. The second kappa shape index (κ2) is 4.96. The number of rotatable bonds is 1. The van der Waals surface area contributed by atoms with Crippen molar-refractivity contribution in [3.05, 3.63) is 65.2 Å². The Kier molecular flexibility index (Phi) is 3.57. The Morgan fingerprint density at radius 3 is 2.41 bits per heavy atom. The largest absolute Gasteiger partial charge is 0.0683 e. The molecule has 0 aromatic heterocycles. The molecule has 2 aromatic carbocycles. The molecule has 1 aliphatic carbocycles. The van der Waals surface area contributed by atoms with Crippen molar-refractivity contribution in [3.8, 4) is 11.1 Å². The van der Waals surface area contributed by atoms with E-state index in [1.54, 1.807) is 0 Å². The fraction of sp³-hybridized carbons (Fsp3) is 0.125. The van der Waals surface area contributed by atoms with Gasteiger partial charge in [-0.05, 0) is 35.6 Å². The number of allylic oxidation sites excluding steroid dienone is 1. The summed E-state index contributed by atoms with van der Waals surface area (Å²) in [6.45, 7) is 2.20. The summed E-state index contributed by atoms with van der Waals surface area (Å²) in [6.07, 6.45) is 3.42. The molecule has 2 aromatic rings. The topological polar surface area (TPSA) is 0 Å². The first-order valence-electron chi connectivity index (χ1n) is 5.69. The van der Waals surface area contributed by atoms with Crippen molar-refractivity contribution in [1.82, 2.24) is 0 Å². The van der Waals surface area contributed by atoms with E-state index in [0.717, 1.165) is 6.42 Å². The van der Waals surface area contributed by atoms with Gasteiger partial charge >= 0.3 is 0 Å². The van der Waals surface area contributed by atoms with E-state index in [0.29, 0.717) is 0 Å². The molecular weight excluding hydrogens is 199 g/mol. The van der Waals surface area contributed by atoms with Gasteiger partial charge in [-0.25, -0.2) is 0 Å². The van der Waals surface area contributed by atoms with E-state index >= 15 is 0 Å². The van der Waals surface area contributed by atoms with Gasteiger partial charge in [-0.1, -0.05) is 60.2 Å². The molecule has 1 aliphatic rings. The first-order chi connectivity index (χ1) is 7.84. The van der Waals surface area contributed by atoms with Gasteiger partial charge in [0.1, 0.15) is 0 Å². The Labute approximate surface area is 115 Å². The number of benzene rings is 2. The summed E-state index contributed by atoms with van der Waals surface area (Å²) in [4.78, 5) is 0. The molecule has 79 valence electrons. The first-order valence-corrected chi connectivity index (χ1v) is 5.69. The van der Waals surface area contributed by atoms with E-state index in [9.17, 15) is 0 Å². The minimum absolute atomic E-state index is 0. The summed E-state index contributed by atoms with van der Waals surface area (Å²) in [5.41, 5.74) is 6.99. The average Bonchev–Trinajstić information content (AvgIpc) is 2.70. The molecule has 0 aliphatic heterocycles. The van der Waals surface area contributed by atoms with Gasteiger partial charge in [0.15, 0.2) is 0 Å². The molecule has 0 saturated carbocycles. The zero-order chi connectivity index (χ0) is 11.0. The Balaban J connectivity index is 0.00000108. The summed E-state index contributed by atoms with van der Waals surface area (Å²) in [5, 5.41) is 0. The smallest absolute Gasteiger partial charge is 0 e. The van der Waals surface area contributed by atoms with Crippen LogP contribution in [0.2, 0.25) is 0 Å². The molecule has 0 amide bonds. The maximum atomic E-state index is 2.32. The monoisotopic (exact) mass is 213 g/mol. The van der Waals surface area contributed by atoms with Crippen molar-refractivity contribution in [2.75, 3.05) is 0 Å². The molecule has 3 rings (SSSR count). The molecule has 0 fully saturated rings. The van der Waals surface area contributed by atoms with Gasteiger partial charge in [0.25, 0.3) is 0 Å². The van der Waals surface area contributed by atoms with Crippen LogP contribution in [0.5, 0.6) is 0 Å². The van der Waals surface area contributed by atoms with Crippen LogP contribution in [0.15, 0.2) is 54.1 Å². The normalized spacial score (nSPS) is 12.6. The van der Waals surface area contributed by atoms with Crippen LogP contribution in [0.25, 0.3) is 17.2 Å². The van der Waals surface area contributed by atoms with Crippen molar-refractivity contribution >= 4 is 24.9 Å². The molecule has 0 saturated heterocycles. The maximum Gasteiger partial charge on any atom is 0 e. The van der Waals surface area contributed by atoms with Crippen LogP contribution < -0.4 is 0 Å². The standard InChI is InChI=1S/C16H14.Li/c1-12-10-14-8-5-9-15(16(14)11-12)13-6-3-2-4-7-13;/h2-9,11H,10H2,1H3;. The molecule has 0 atom stereocenters. The molecule has 0 bridgehead atoms. The second-order valence-corrected chi connectivity index (χ2v) is 4.41. The van der Waals surface area contributed by atoms with Gasteiger partial charge in [-0.15, -0.1) is 0 Å². The predicted octanol–water partition coefficient (Wildman–Crippen LogP) is 3.93. The maximum absolute atomic E-state index is 2.32. The van der Waals surface area contributed by atoms with E-state index in [4.69, 9.17) is 0 Å². The van der Waals surface area contributed by atoms with Gasteiger partial charge in [-0.3, -0.25) is 0 Å². The summed E-state index contributed by atoms with van der Waals surface area (Å²) in [6, 6.07) is 17.2.